The second kappa shape index (κ2) is 4.52. The van der Waals surface area contributed by atoms with Gasteiger partial charge in [-0.3, -0.25) is 4.79 Å². The van der Waals surface area contributed by atoms with Crippen molar-refractivity contribution in [1.29, 1.82) is 0 Å². The van der Waals surface area contributed by atoms with Gasteiger partial charge < -0.3 is 15.6 Å². The first-order valence-corrected chi connectivity index (χ1v) is 5.58. The van der Waals surface area contributed by atoms with Gasteiger partial charge in [0.25, 0.3) is 5.91 Å². The molecule has 0 atom stereocenters. The SMILES string of the molecule is Cc1cc(N)c(NC(=O)c2cnoc2C)cc1C. The summed E-state index contributed by atoms with van der Waals surface area (Å²) in [5, 5.41) is 6.33. The molecule has 0 spiro atoms. The zero-order valence-corrected chi connectivity index (χ0v) is 10.6. The summed E-state index contributed by atoms with van der Waals surface area (Å²) < 4.78 is 4.85. The van der Waals surface area contributed by atoms with Crippen molar-refractivity contribution in [2.24, 2.45) is 0 Å². The fourth-order valence-electron chi connectivity index (χ4n) is 1.65. The molecule has 5 heteroatoms. The molecule has 1 amide bonds. The van der Waals surface area contributed by atoms with Gasteiger partial charge >= 0.3 is 0 Å². The van der Waals surface area contributed by atoms with Gasteiger partial charge in [-0.2, -0.15) is 0 Å². The molecule has 0 bridgehead atoms. The van der Waals surface area contributed by atoms with Gasteiger partial charge in [-0.25, -0.2) is 0 Å². The highest BCUT2D eigenvalue weighted by Crippen LogP contribution is 2.23. The summed E-state index contributed by atoms with van der Waals surface area (Å²) in [5.74, 6) is 0.207. The van der Waals surface area contributed by atoms with Crippen LogP contribution in [0.15, 0.2) is 22.9 Å². The lowest BCUT2D eigenvalue weighted by molar-refractivity contribution is 0.102. The van der Waals surface area contributed by atoms with E-state index < -0.39 is 0 Å². The summed E-state index contributed by atoms with van der Waals surface area (Å²) in [4.78, 5) is 12.0. The number of carbonyl (C=O) groups excluding carboxylic acids is 1. The lowest BCUT2D eigenvalue weighted by atomic mass is 10.1. The molecular formula is C13H15N3O2. The Balaban J connectivity index is 2.28. The van der Waals surface area contributed by atoms with Gasteiger partial charge in [-0.15, -0.1) is 0 Å². The molecule has 0 aliphatic rings. The average Bonchev–Trinajstić information content (AvgIpc) is 2.72. The van der Waals surface area contributed by atoms with Crippen LogP contribution in [-0.4, -0.2) is 11.1 Å². The number of nitrogens with two attached hydrogens (primary N) is 1. The van der Waals surface area contributed by atoms with E-state index >= 15 is 0 Å². The number of rotatable bonds is 2. The van der Waals surface area contributed by atoms with Crippen molar-refractivity contribution in [3.63, 3.8) is 0 Å². The van der Waals surface area contributed by atoms with E-state index in [1.807, 2.05) is 26.0 Å². The number of amides is 1. The van der Waals surface area contributed by atoms with Gasteiger partial charge in [0, 0.05) is 0 Å². The predicted octanol–water partition coefficient (Wildman–Crippen LogP) is 2.43. The topological polar surface area (TPSA) is 81.1 Å². The zero-order chi connectivity index (χ0) is 13.3. The normalized spacial score (nSPS) is 10.4. The molecule has 0 radical (unpaired) electrons. The zero-order valence-electron chi connectivity index (χ0n) is 10.6. The third kappa shape index (κ3) is 2.20. The molecular weight excluding hydrogens is 230 g/mol. The van der Waals surface area contributed by atoms with Crippen molar-refractivity contribution < 1.29 is 9.32 Å². The number of anilines is 2. The molecule has 5 nitrogen and oxygen atoms in total. The first kappa shape index (κ1) is 12.2. The van der Waals surface area contributed by atoms with E-state index in [4.69, 9.17) is 10.3 Å². The smallest absolute Gasteiger partial charge is 0.260 e. The van der Waals surface area contributed by atoms with Gasteiger partial charge in [0.1, 0.15) is 11.3 Å². The summed E-state index contributed by atoms with van der Waals surface area (Å²) in [7, 11) is 0. The van der Waals surface area contributed by atoms with Crippen LogP contribution in [0.4, 0.5) is 11.4 Å². The quantitative estimate of drug-likeness (QED) is 0.796. The van der Waals surface area contributed by atoms with Crippen LogP contribution >= 0.6 is 0 Å². The molecule has 0 unspecified atom stereocenters. The van der Waals surface area contributed by atoms with Crippen molar-refractivity contribution in [2.45, 2.75) is 20.8 Å². The van der Waals surface area contributed by atoms with Crippen LogP contribution in [0.5, 0.6) is 0 Å². The Hall–Kier alpha value is -2.30. The minimum atomic E-state index is -0.274. The van der Waals surface area contributed by atoms with E-state index in [9.17, 15) is 4.79 Å². The van der Waals surface area contributed by atoms with E-state index in [0.29, 0.717) is 22.7 Å². The molecule has 2 rings (SSSR count). The number of aromatic nitrogens is 1. The molecule has 0 saturated heterocycles. The largest absolute Gasteiger partial charge is 0.397 e. The van der Waals surface area contributed by atoms with Gasteiger partial charge in [-0.05, 0) is 44.0 Å². The summed E-state index contributed by atoms with van der Waals surface area (Å²) in [6.07, 6.45) is 1.39. The number of benzene rings is 1. The molecule has 1 heterocycles. The molecule has 1 aromatic heterocycles. The number of hydrogen-bond acceptors (Lipinski definition) is 4. The van der Waals surface area contributed by atoms with Gasteiger partial charge in [0.15, 0.2) is 0 Å². The first-order valence-electron chi connectivity index (χ1n) is 5.58. The molecule has 1 aromatic carbocycles. The molecule has 0 fully saturated rings. The highest BCUT2D eigenvalue weighted by Gasteiger charge is 2.14. The molecule has 0 aliphatic heterocycles. The van der Waals surface area contributed by atoms with E-state index in [-0.39, 0.29) is 5.91 Å². The molecule has 0 saturated carbocycles. The number of carbonyl (C=O) groups is 1. The van der Waals surface area contributed by atoms with E-state index in [0.717, 1.165) is 11.1 Å². The van der Waals surface area contributed by atoms with Crippen LogP contribution < -0.4 is 11.1 Å². The van der Waals surface area contributed by atoms with Crippen molar-refractivity contribution >= 4 is 17.3 Å². The highest BCUT2D eigenvalue weighted by molar-refractivity contribution is 6.06. The number of nitrogen functional groups attached to an aromatic ring is 1. The van der Waals surface area contributed by atoms with E-state index in [2.05, 4.69) is 10.5 Å². The lowest BCUT2D eigenvalue weighted by Crippen LogP contribution is -2.13. The lowest BCUT2D eigenvalue weighted by Gasteiger charge is -2.10. The van der Waals surface area contributed by atoms with Crippen LogP contribution in [0.25, 0.3) is 0 Å². The molecule has 18 heavy (non-hydrogen) atoms. The van der Waals surface area contributed by atoms with Crippen LogP contribution in [0, 0.1) is 20.8 Å². The third-order valence-electron chi connectivity index (χ3n) is 2.91. The maximum atomic E-state index is 12.0. The molecule has 2 aromatic rings. The fraction of sp³-hybridized carbons (Fsp3) is 0.231. The first-order chi connectivity index (χ1) is 8.49. The van der Waals surface area contributed by atoms with Crippen LogP contribution in [-0.2, 0) is 0 Å². The summed E-state index contributed by atoms with van der Waals surface area (Å²) in [5.41, 5.74) is 9.59. The molecule has 94 valence electrons. The van der Waals surface area contributed by atoms with Gasteiger partial charge in [-0.1, -0.05) is 5.16 Å². The van der Waals surface area contributed by atoms with Gasteiger partial charge in [0.2, 0.25) is 0 Å². The number of nitrogens with one attached hydrogen (secondary N) is 1. The van der Waals surface area contributed by atoms with Crippen molar-refractivity contribution in [3.8, 4) is 0 Å². The van der Waals surface area contributed by atoms with Crippen LogP contribution in [0.3, 0.4) is 0 Å². The van der Waals surface area contributed by atoms with Crippen LogP contribution in [0.1, 0.15) is 27.2 Å². The van der Waals surface area contributed by atoms with Crippen molar-refractivity contribution in [1.82, 2.24) is 5.16 Å². The Bertz CT molecular complexity index is 602. The monoisotopic (exact) mass is 245 g/mol. The standard InChI is InChI=1S/C13H15N3O2/c1-7-4-11(14)12(5-8(7)2)16-13(17)10-6-15-18-9(10)3/h4-6H,14H2,1-3H3,(H,16,17). The summed E-state index contributed by atoms with van der Waals surface area (Å²) in [6.45, 7) is 5.63. The van der Waals surface area contributed by atoms with Crippen LogP contribution in [0.2, 0.25) is 0 Å². The minimum absolute atomic E-state index is 0.274. The second-order valence-corrected chi connectivity index (χ2v) is 4.27. The number of hydrogen-bond donors (Lipinski definition) is 2. The Kier molecular flexibility index (Phi) is 3.06. The Morgan fingerprint density at radius 2 is 1.94 bits per heavy atom. The maximum Gasteiger partial charge on any atom is 0.260 e. The Morgan fingerprint density at radius 3 is 2.56 bits per heavy atom. The number of aryl methyl sites for hydroxylation is 3. The highest BCUT2D eigenvalue weighted by atomic mass is 16.5. The average molecular weight is 245 g/mol. The van der Waals surface area contributed by atoms with Crippen molar-refractivity contribution in [2.75, 3.05) is 11.1 Å². The maximum absolute atomic E-state index is 12.0. The fourth-order valence-corrected chi connectivity index (χ4v) is 1.65. The third-order valence-corrected chi connectivity index (χ3v) is 2.91. The number of nitrogens with zero attached hydrogens (tertiary/aromatic N) is 1. The van der Waals surface area contributed by atoms with E-state index in [1.54, 1.807) is 6.92 Å². The second-order valence-electron chi connectivity index (χ2n) is 4.27. The van der Waals surface area contributed by atoms with Crippen molar-refractivity contribution in [3.05, 3.63) is 40.8 Å². The Morgan fingerprint density at radius 1 is 1.28 bits per heavy atom. The molecule has 3 N–H and O–H groups in total. The Labute approximate surface area is 105 Å². The van der Waals surface area contributed by atoms with E-state index in [1.165, 1.54) is 6.20 Å². The summed E-state index contributed by atoms with van der Waals surface area (Å²) in [6, 6.07) is 3.69. The summed E-state index contributed by atoms with van der Waals surface area (Å²) >= 11 is 0. The van der Waals surface area contributed by atoms with Gasteiger partial charge in [0.05, 0.1) is 17.6 Å². The molecule has 0 aliphatic carbocycles. The predicted molar refractivity (Wildman–Crippen MR) is 69.5 cm³/mol. The minimum Gasteiger partial charge on any atom is -0.397 e.